The molecule has 1 heterocycles. The van der Waals surface area contributed by atoms with Crippen molar-refractivity contribution in [2.75, 3.05) is 11.4 Å². The molecule has 7 nitrogen and oxygen atoms in total. The summed E-state index contributed by atoms with van der Waals surface area (Å²) < 4.78 is 5.24. The number of rotatable bonds is 6. The van der Waals surface area contributed by atoms with Gasteiger partial charge in [-0.1, -0.05) is 62.4 Å². The smallest absolute Gasteiger partial charge is 0.408 e. The number of ether oxygens (including phenoxy) is 1. The third-order valence-corrected chi connectivity index (χ3v) is 4.95. The van der Waals surface area contributed by atoms with Gasteiger partial charge in [-0.25, -0.2) is 4.79 Å². The van der Waals surface area contributed by atoms with E-state index >= 15 is 0 Å². The molecule has 1 aliphatic heterocycles. The molecular formula is C22H24N2O5. The number of para-hydroxylation sites is 1. The normalized spacial score (nSPS) is 16.2. The zero-order valence-electron chi connectivity index (χ0n) is 16.4. The summed E-state index contributed by atoms with van der Waals surface area (Å²) in [5.74, 6) is -2.33. The van der Waals surface area contributed by atoms with Crippen LogP contribution < -0.4 is 10.2 Å². The summed E-state index contributed by atoms with van der Waals surface area (Å²) in [6.07, 6.45) is -0.692. The average molecular weight is 396 g/mol. The molecule has 0 bridgehead atoms. The highest BCUT2D eigenvalue weighted by Crippen LogP contribution is 2.36. The maximum atomic E-state index is 13.2. The third-order valence-electron chi connectivity index (χ3n) is 4.95. The molecule has 2 atom stereocenters. The highest BCUT2D eigenvalue weighted by Gasteiger charge is 2.39. The van der Waals surface area contributed by atoms with Crippen molar-refractivity contribution in [3.8, 4) is 0 Å². The van der Waals surface area contributed by atoms with Gasteiger partial charge in [-0.3, -0.25) is 9.59 Å². The highest BCUT2D eigenvalue weighted by molar-refractivity contribution is 6.02. The van der Waals surface area contributed by atoms with Crippen molar-refractivity contribution in [3.63, 3.8) is 0 Å². The molecule has 0 fully saturated rings. The second-order valence-electron chi connectivity index (χ2n) is 7.33. The first kappa shape index (κ1) is 20.4. The zero-order chi connectivity index (χ0) is 21.0. The minimum absolute atomic E-state index is 0.0392. The third kappa shape index (κ3) is 4.56. The van der Waals surface area contributed by atoms with Gasteiger partial charge in [0, 0.05) is 12.2 Å². The Morgan fingerprint density at radius 1 is 1.10 bits per heavy atom. The van der Waals surface area contributed by atoms with E-state index in [0.717, 1.165) is 5.56 Å². The topological polar surface area (TPSA) is 95.9 Å². The molecule has 29 heavy (non-hydrogen) atoms. The van der Waals surface area contributed by atoms with Gasteiger partial charge < -0.3 is 20.1 Å². The summed E-state index contributed by atoms with van der Waals surface area (Å²) in [7, 11) is 0. The van der Waals surface area contributed by atoms with Crippen LogP contribution in [-0.4, -0.2) is 35.7 Å². The predicted molar refractivity (Wildman–Crippen MR) is 108 cm³/mol. The van der Waals surface area contributed by atoms with Gasteiger partial charge in [0.1, 0.15) is 18.6 Å². The maximum Gasteiger partial charge on any atom is 0.408 e. The Morgan fingerprint density at radius 2 is 1.76 bits per heavy atom. The van der Waals surface area contributed by atoms with Crippen molar-refractivity contribution < 1.29 is 24.2 Å². The molecule has 3 rings (SSSR count). The molecule has 1 aliphatic rings. The summed E-state index contributed by atoms with van der Waals surface area (Å²) in [5, 5.41) is 12.1. The number of fused-ring (bicyclic) bond motifs is 1. The Balaban J connectivity index is 1.71. The van der Waals surface area contributed by atoms with E-state index in [1.54, 1.807) is 24.3 Å². The predicted octanol–water partition coefficient (Wildman–Crippen LogP) is 3.15. The quantitative estimate of drug-likeness (QED) is 0.782. The Kier molecular flexibility index (Phi) is 6.16. The Labute approximate surface area is 169 Å². The van der Waals surface area contributed by atoms with Crippen LogP contribution >= 0.6 is 0 Å². The molecule has 0 aliphatic carbocycles. The number of carbonyl (C=O) groups excluding carboxylic acids is 2. The largest absolute Gasteiger partial charge is 0.481 e. The van der Waals surface area contributed by atoms with Gasteiger partial charge in [-0.2, -0.15) is 0 Å². The van der Waals surface area contributed by atoms with Crippen LogP contribution in [0, 0.1) is 5.92 Å². The van der Waals surface area contributed by atoms with E-state index in [-0.39, 0.29) is 25.0 Å². The number of anilines is 1. The second kappa shape index (κ2) is 8.77. The number of benzene rings is 2. The number of carboxylic acid groups (broad SMARTS) is 1. The Hall–Kier alpha value is -3.35. The zero-order valence-corrected chi connectivity index (χ0v) is 16.4. The van der Waals surface area contributed by atoms with E-state index in [2.05, 4.69) is 5.32 Å². The fourth-order valence-electron chi connectivity index (χ4n) is 3.40. The second-order valence-corrected chi connectivity index (χ2v) is 7.33. The summed E-state index contributed by atoms with van der Waals surface area (Å²) in [5.41, 5.74) is 2.00. The summed E-state index contributed by atoms with van der Waals surface area (Å²) in [4.78, 5) is 38.5. The first-order chi connectivity index (χ1) is 13.9. The fourth-order valence-corrected chi connectivity index (χ4v) is 3.40. The first-order valence-corrected chi connectivity index (χ1v) is 9.48. The lowest BCUT2D eigenvalue weighted by Gasteiger charge is -2.27. The van der Waals surface area contributed by atoms with E-state index < -0.39 is 24.0 Å². The number of nitrogens with one attached hydrogen (secondary N) is 1. The fraction of sp³-hybridized carbons (Fsp3) is 0.318. The highest BCUT2D eigenvalue weighted by atomic mass is 16.5. The van der Waals surface area contributed by atoms with Crippen molar-refractivity contribution in [2.24, 2.45) is 5.92 Å². The molecule has 0 saturated carbocycles. The number of alkyl carbamates (subject to hydrolysis) is 1. The van der Waals surface area contributed by atoms with Crippen LogP contribution in [0.2, 0.25) is 0 Å². The summed E-state index contributed by atoms with van der Waals surface area (Å²) in [6, 6.07) is 15.4. The van der Waals surface area contributed by atoms with Crippen LogP contribution in [0.25, 0.3) is 0 Å². The number of carboxylic acids is 1. The SMILES string of the molecule is CC(C)[C@H](NC(=O)OCc1ccccc1)C(=O)N1C[C@@H](C(=O)O)c2ccccc21. The molecule has 0 aromatic heterocycles. The molecule has 2 aromatic carbocycles. The number of aliphatic carboxylic acids is 1. The van der Waals surface area contributed by atoms with E-state index in [4.69, 9.17) is 4.74 Å². The molecule has 2 N–H and O–H groups in total. The van der Waals surface area contributed by atoms with Gasteiger partial charge >= 0.3 is 12.1 Å². The minimum atomic E-state index is -0.982. The molecule has 2 aromatic rings. The first-order valence-electron chi connectivity index (χ1n) is 9.48. The van der Waals surface area contributed by atoms with E-state index in [9.17, 15) is 19.5 Å². The molecular weight excluding hydrogens is 372 g/mol. The van der Waals surface area contributed by atoms with Crippen LogP contribution in [-0.2, 0) is 20.9 Å². The molecule has 2 amide bonds. The lowest BCUT2D eigenvalue weighted by Crippen LogP contribution is -2.51. The maximum absolute atomic E-state index is 13.2. The number of amides is 2. The van der Waals surface area contributed by atoms with Gasteiger partial charge in [-0.05, 0) is 23.1 Å². The molecule has 0 radical (unpaired) electrons. The van der Waals surface area contributed by atoms with Crippen LogP contribution in [0.1, 0.15) is 30.9 Å². The van der Waals surface area contributed by atoms with Crippen molar-refractivity contribution in [3.05, 3.63) is 65.7 Å². The van der Waals surface area contributed by atoms with E-state index in [1.807, 2.05) is 44.2 Å². The Bertz CT molecular complexity index is 897. The van der Waals surface area contributed by atoms with Crippen LogP contribution in [0.15, 0.2) is 54.6 Å². The van der Waals surface area contributed by atoms with Crippen molar-refractivity contribution in [1.29, 1.82) is 0 Å². The number of hydrogen-bond donors (Lipinski definition) is 2. The number of hydrogen-bond acceptors (Lipinski definition) is 4. The molecule has 0 saturated heterocycles. The molecule has 0 unspecified atom stereocenters. The summed E-state index contributed by atoms with van der Waals surface area (Å²) >= 11 is 0. The standard InChI is InChI=1S/C22H24N2O5/c1-14(2)19(23-22(28)29-13-15-8-4-3-5-9-15)20(25)24-12-17(21(26)27)16-10-6-7-11-18(16)24/h3-11,14,17,19H,12-13H2,1-2H3,(H,23,28)(H,26,27)/t17-,19+/m1/s1. The number of carbonyl (C=O) groups is 3. The Morgan fingerprint density at radius 3 is 2.41 bits per heavy atom. The van der Waals surface area contributed by atoms with Gasteiger partial charge in [0.05, 0.1) is 0 Å². The van der Waals surface area contributed by atoms with E-state index in [1.165, 1.54) is 4.90 Å². The lowest BCUT2D eigenvalue weighted by molar-refractivity contribution is -0.138. The van der Waals surface area contributed by atoms with Crippen LogP contribution in [0.5, 0.6) is 0 Å². The molecule has 7 heteroatoms. The van der Waals surface area contributed by atoms with E-state index in [0.29, 0.717) is 11.3 Å². The van der Waals surface area contributed by atoms with Crippen molar-refractivity contribution >= 4 is 23.7 Å². The lowest BCUT2D eigenvalue weighted by atomic mass is 10.0. The summed E-state index contributed by atoms with van der Waals surface area (Å²) in [6.45, 7) is 3.77. The van der Waals surface area contributed by atoms with Crippen LogP contribution in [0.4, 0.5) is 10.5 Å². The molecule has 0 spiro atoms. The van der Waals surface area contributed by atoms with Crippen LogP contribution in [0.3, 0.4) is 0 Å². The van der Waals surface area contributed by atoms with Crippen molar-refractivity contribution in [1.82, 2.24) is 5.32 Å². The van der Waals surface area contributed by atoms with Gasteiger partial charge in [-0.15, -0.1) is 0 Å². The monoisotopic (exact) mass is 396 g/mol. The van der Waals surface area contributed by atoms with Gasteiger partial charge in [0.2, 0.25) is 5.91 Å². The van der Waals surface area contributed by atoms with Crippen molar-refractivity contribution in [2.45, 2.75) is 32.4 Å². The number of nitrogens with zero attached hydrogens (tertiary/aromatic N) is 1. The van der Waals surface area contributed by atoms with Gasteiger partial charge in [0.25, 0.3) is 0 Å². The molecule has 152 valence electrons. The minimum Gasteiger partial charge on any atom is -0.481 e. The average Bonchev–Trinajstić information content (AvgIpc) is 3.10. The van der Waals surface area contributed by atoms with Gasteiger partial charge in [0.15, 0.2) is 0 Å².